The Morgan fingerprint density at radius 3 is 2.48 bits per heavy atom. The third-order valence-corrected chi connectivity index (χ3v) is 3.52. The van der Waals surface area contributed by atoms with Gasteiger partial charge in [0.1, 0.15) is 17.5 Å². The monoisotopic (exact) mass is 336 g/mol. The lowest BCUT2D eigenvalue weighted by atomic mass is 10.1. The minimum absolute atomic E-state index is 0.313. The van der Waals surface area contributed by atoms with Crippen molar-refractivity contribution in [1.82, 2.24) is 5.16 Å². The zero-order valence-electron chi connectivity index (χ0n) is 13.6. The van der Waals surface area contributed by atoms with Gasteiger partial charge in [-0.3, -0.25) is 4.79 Å². The Kier molecular flexibility index (Phi) is 4.89. The molecule has 0 aliphatic heterocycles. The van der Waals surface area contributed by atoms with E-state index in [0.29, 0.717) is 29.1 Å². The van der Waals surface area contributed by atoms with Crippen molar-refractivity contribution in [3.05, 3.63) is 72.0 Å². The van der Waals surface area contributed by atoms with Crippen molar-refractivity contribution in [2.45, 2.75) is 6.92 Å². The van der Waals surface area contributed by atoms with Gasteiger partial charge in [-0.2, -0.15) is 0 Å². The maximum atomic E-state index is 12.5. The second-order valence-corrected chi connectivity index (χ2v) is 5.19. The molecule has 0 atom stereocenters. The molecule has 0 saturated heterocycles. The number of anilines is 1. The highest BCUT2D eigenvalue weighted by molar-refractivity contribution is 6.08. The molecule has 0 unspecified atom stereocenters. The number of carbonyl (C=O) groups is 2. The summed E-state index contributed by atoms with van der Waals surface area (Å²) in [6.45, 7) is 2.06. The number of nitrogens with zero attached hydrogens (tertiary/aromatic N) is 1. The lowest BCUT2D eigenvalue weighted by molar-refractivity contribution is 0.0526. The first-order valence-corrected chi connectivity index (χ1v) is 7.77. The molecule has 3 aromatic rings. The summed E-state index contributed by atoms with van der Waals surface area (Å²) in [6.07, 6.45) is 1.31. The fraction of sp³-hybridized carbons (Fsp3) is 0.105. The van der Waals surface area contributed by atoms with Crippen molar-refractivity contribution in [3.8, 4) is 11.3 Å². The number of amides is 1. The molecule has 1 amide bonds. The van der Waals surface area contributed by atoms with Crippen LogP contribution < -0.4 is 5.32 Å². The van der Waals surface area contributed by atoms with E-state index in [1.54, 1.807) is 31.2 Å². The average molecular weight is 336 g/mol. The summed E-state index contributed by atoms with van der Waals surface area (Å²) in [5.74, 6) is -0.741. The van der Waals surface area contributed by atoms with E-state index in [-0.39, 0.29) is 5.91 Å². The maximum absolute atomic E-state index is 12.5. The largest absolute Gasteiger partial charge is 0.462 e. The molecule has 1 N–H and O–H groups in total. The van der Waals surface area contributed by atoms with E-state index in [1.807, 2.05) is 30.3 Å². The van der Waals surface area contributed by atoms with Crippen LogP contribution in [0.25, 0.3) is 11.3 Å². The van der Waals surface area contributed by atoms with E-state index < -0.39 is 5.97 Å². The van der Waals surface area contributed by atoms with Crippen LogP contribution in [0.1, 0.15) is 27.6 Å². The molecule has 0 radical (unpaired) electrons. The van der Waals surface area contributed by atoms with Crippen LogP contribution in [0.2, 0.25) is 0 Å². The van der Waals surface area contributed by atoms with Crippen LogP contribution in [0.3, 0.4) is 0 Å². The SMILES string of the molecule is CCOC(=O)c1ccc(NC(=O)c2conc2-c2ccccc2)cc1. The van der Waals surface area contributed by atoms with Gasteiger partial charge in [0.15, 0.2) is 0 Å². The van der Waals surface area contributed by atoms with Gasteiger partial charge in [-0.15, -0.1) is 0 Å². The van der Waals surface area contributed by atoms with E-state index >= 15 is 0 Å². The zero-order valence-corrected chi connectivity index (χ0v) is 13.6. The van der Waals surface area contributed by atoms with E-state index in [4.69, 9.17) is 9.26 Å². The molecule has 25 heavy (non-hydrogen) atoms. The Morgan fingerprint density at radius 2 is 1.80 bits per heavy atom. The second kappa shape index (κ2) is 7.44. The van der Waals surface area contributed by atoms with Gasteiger partial charge in [0.05, 0.1) is 12.2 Å². The lowest BCUT2D eigenvalue weighted by Crippen LogP contribution is -2.12. The fourth-order valence-corrected chi connectivity index (χ4v) is 2.30. The first kappa shape index (κ1) is 16.4. The summed E-state index contributed by atoms with van der Waals surface area (Å²) in [6, 6.07) is 15.8. The second-order valence-electron chi connectivity index (χ2n) is 5.19. The molecule has 1 aromatic heterocycles. The van der Waals surface area contributed by atoms with Gasteiger partial charge in [0, 0.05) is 11.3 Å². The molecule has 0 spiro atoms. The summed E-state index contributed by atoms with van der Waals surface area (Å²) < 4.78 is 9.89. The highest BCUT2D eigenvalue weighted by Gasteiger charge is 2.17. The first-order chi connectivity index (χ1) is 12.2. The molecule has 0 aliphatic carbocycles. The lowest BCUT2D eigenvalue weighted by Gasteiger charge is -2.06. The molecule has 0 saturated carbocycles. The summed E-state index contributed by atoms with van der Waals surface area (Å²) in [5.41, 5.74) is 2.58. The first-order valence-electron chi connectivity index (χ1n) is 7.77. The summed E-state index contributed by atoms with van der Waals surface area (Å²) >= 11 is 0. The number of ether oxygens (including phenoxy) is 1. The minimum Gasteiger partial charge on any atom is -0.462 e. The Bertz CT molecular complexity index is 870. The van der Waals surface area contributed by atoms with E-state index in [2.05, 4.69) is 10.5 Å². The highest BCUT2D eigenvalue weighted by atomic mass is 16.5. The average Bonchev–Trinajstić information content (AvgIpc) is 3.13. The van der Waals surface area contributed by atoms with Crippen LogP contribution in [0, 0.1) is 0 Å². The van der Waals surface area contributed by atoms with E-state index in [1.165, 1.54) is 6.26 Å². The third-order valence-electron chi connectivity index (χ3n) is 3.52. The molecule has 0 aliphatic rings. The number of carbonyl (C=O) groups excluding carboxylic acids is 2. The normalized spacial score (nSPS) is 10.3. The Hall–Kier alpha value is -3.41. The predicted octanol–water partition coefficient (Wildman–Crippen LogP) is 3.77. The summed E-state index contributed by atoms with van der Waals surface area (Å²) in [5, 5.41) is 6.67. The van der Waals surface area contributed by atoms with Crippen LogP contribution in [-0.4, -0.2) is 23.6 Å². The number of nitrogens with one attached hydrogen (secondary N) is 1. The van der Waals surface area contributed by atoms with Gasteiger partial charge in [0.2, 0.25) is 0 Å². The van der Waals surface area contributed by atoms with Crippen LogP contribution in [0.5, 0.6) is 0 Å². The van der Waals surface area contributed by atoms with Gasteiger partial charge in [-0.25, -0.2) is 4.79 Å². The number of hydrogen-bond donors (Lipinski definition) is 1. The molecule has 2 aromatic carbocycles. The number of hydrogen-bond acceptors (Lipinski definition) is 5. The zero-order chi connectivity index (χ0) is 17.6. The van der Waals surface area contributed by atoms with Crippen molar-refractivity contribution >= 4 is 17.6 Å². The third kappa shape index (κ3) is 3.74. The standard InChI is InChI=1S/C19H16N2O4/c1-2-24-19(23)14-8-10-15(11-9-14)20-18(22)16-12-25-21-17(16)13-6-4-3-5-7-13/h3-12H,2H2,1H3,(H,20,22). The molecule has 126 valence electrons. The topological polar surface area (TPSA) is 81.4 Å². The molecular formula is C19H16N2O4. The van der Waals surface area contributed by atoms with Crippen molar-refractivity contribution in [1.29, 1.82) is 0 Å². The Labute approximate surface area is 144 Å². The van der Waals surface area contributed by atoms with Gasteiger partial charge in [-0.05, 0) is 31.2 Å². The number of aromatic nitrogens is 1. The summed E-state index contributed by atoms with van der Waals surface area (Å²) in [7, 11) is 0. The molecular weight excluding hydrogens is 320 g/mol. The van der Waals surface area contributed by atoms with Crippen molar-refractivity contribution < 1.29 is 18.8 Å². The van der Waals surface area contributed by atoms with Crippen LogP contribution in [-0.2, 0) is 4.74 Å². The fourth-order valence-electron chi connectivity index (χ4n) is 2.30. The van der Waals surface area contributed by atoms with Gasteiger partial charge in [-0.1, -0.05) is 35.5 Å². The molecule has 3 rings (SSSR count). The van der Waals surface area contributed by atoms with Crippen LogP contribution in [0.4, 0.5) is 5.69 Å². The predicted molar refractivity (Wildman–Crippen MR) is 92.3 cm³/mol. The van der Waals surface area contributed by atoms with Gasteiger partial charge in [0.25, 0.3) is 5.91 Å². The molecule has 6 heteroatoms. The van der Waals surface area contributed by atoms with Crippen LogP contribution >= 0.6 is 0 Å². The Morgan fingerprint density at radius 1 is 1.08 bits per heavy atom. The molecule has 1 heterocycles. The Balaban J connectivity index is 1.75. The minimum atomic E-state index is -0.397. The number of benzene rings is 2. The highest BCUT2D eigenvalue weighted by Crippen LogP contribution is 2.23. The maximum Gasteiger partial charge on any atom is 0.338 e. The van der Waals surface area contributed by atoms with Gasteiger partial charge < -0.3 is 14.6 Å². The summed E-state index contributed by atoms with van der Waals surface area (Å²) in [4.78, 5) is 24.1. The molecule has 6 nitrogen and oxygen atoms in total. The van der Waals surface area contributed by atoms with Crippen molar-refractivity contribution in [2.75, 3.05) is 11.9 Å². The van der Waals surface area contributed by atoms with E-state index in [9.17, 15) is 9.59 Å². The smallest absolute Gasteiger partial charge is 0.338 e. The van der Waals surface area contributed by atoms with Gasteiger partial charge >= 0.3 is 5.97 Å². The van der Waals surface area contributed by atoms with E-state index in [0.717, 1.165) is 5.56 Å². The number of esters is 1. The quantitative estimate of drug-likeness (QED) is 0.717. The van der Waals surface area contributed by atoms with Crippen molar-refractivity contribution in [2.24, 2.45) is 0 Å². The number of rotatable bonds is 5. The molecule has 0 bridgehead atoms. The van der Waals surface area contributed by atoms with Crippen LogP contribution in [0.15, 0.2) is 65.4 Å². The van der Waals surface area contributed by atoms with Crippen molar-refractivity contribution in [3.63, 3.8) is 0 Å². The molecule has 0 fully saturated rings.